The molecule has 0 amide bonds. The minimum Gasteiger partial charge on any atom is -0.493 e. The molecule has 2 aromatic rings. The maximum Gasteiger partial charge on any atom is 0.137 e. The smallest absolute Gasteiger partial charge is 0.137 e. The van der Waals surface area contributed by atoms with Gasteiger partial charge in [0.2, 0.25) is 0 Å². The van der Waals surface area contributed by atoms with Gasteiger partial charge in [-0.15, -0.1) is 0 Å². The normalized spacial score (nSPS) is 14.6. The van der Waals surface area contributed by atoms with Gasteiger partial charge in [0, 0.05) is 6.42 Å². The van der Waals surface area contributed by atoms with Crippen molar-refractivity contribution in [2.24, 2.45) is 0 Å². The Morgan fingerprint density at radius 2 is 2.14 bits per heavy atom. The van der Waals surface area contributed by atoms with Crippen LogP contribution in [0.4, 0.5) is 4.39 Å². The van der Waals surface area contributed by atoms with Crippen LogP contribution in [-0.2, 0) is 12.8 Å². The molecule has 1 atom stereocenters. The molecule has 0 radical (unpaired) electrons. The van der Waals surface area contributed by atoms with Crippen LogP contribution in [0.25, 0.3) is 0 Å². The maximum absolute atomic E-state index is 13.5. The predicted molar refractivity (Wildman–Crippen MR) is 83.0 cm³/mol. The quantitative estimate of drug-likeness (QED) is 0.895. The lowest BCUT2D eigenvalue weighted by molar-refractivity contribution is 0.166. The number of aliphatic hydroxyl groups excluding tert-OH is 1. The molecule has 0 saturated carbocycles. The molecular formula is C17H16BrFO2. The lowest BCUT2D eigenvalue weighted by atomic mass is 9.99. The van der Waals surface area contributed by atoms with E-state index < -0.39 is 6.10 Å². The van der Waals surface area contributed by atoms with Crippen molar-refractivity contribution in [3.8, 4) is 5.75 Å². The van der Waals surface area contributed by atoms with Crippen LogP contribution in [0.5, 0.6) is 5.75 Å². The second-order valence-corrected chi connectivity index (χ2v) is 6.03. The van der Waals surface area contributed by atoms with Gasteiger partial charge in [0.15, 0.2) is 0 Å². The summed E-state index contributed by atoms with van der Waals surface area (Å²) < 4.78 is 19.3. The fourth-order valence-electron chi connectivity index (χ4n) is 2.63. The largest absolute Gasteiger partial charge is 0.493 e. The predicted octanol–water partition coefficient (Wildman–Crippen LogP) is 4.19. The molecule has 2 aromatic carbocycles. The van der Waals surface area contributed by atoms with Crippen LogP contribution < -0.4 is 4.74 Å². The first-order valence-electron chi connectivity index (χ1n) is 7.02. The fraction of sp³-hybridized carbons (Fsp3) is 0.294. The summed E-state index contributed by atoms with van der Waals surface area (Å²) in [4.78, 5) is 0. The van der Waals surface area contributed by atoms with Crippen LogP contribution in [0.15, 0.2) is 40.9 Å². The SMILES string of the molecule is OC(CCc1ccc2c(c1)CCO2)c1cccc(F)c1Br. The monoisotopic (exact) mass is 350 g/mol. The van der Waals surface area contributed by atoms with Crippen molar-refractivity contribution >= 4 is 15.9 Å². The van der Waals surface area contributed by atoms with E-state index in [9.17, 15) is 9.50 Å². The highest BCUT2D eigenvalue weighted by Crippen LogP contribution is 2.30. The third-order valence-corrected chi connectivity index (χ3v) is 4.64. The molecule has 1 aliphatic heterocycles. The van der Waals surface area contributed by atoms with E-state index in [1.54, 1.807) is 12.1 Å². The number of hydrogen-bond acceptors (Lipinski definition) is 2. The van der Waals surface area contributed by atoms with Crippen molar-refractivity contribution in [2.45, 2.75) is 25.4 Å². The van der Waals surface area contributed by atoms with E-state index in [1.165, 1.54) is 17.2 Å². The Balaban J connectivity index is 1.68. The zero-order valence-electron chi connectivity index (χ0n) is 11.5. The molecule has 1 unspecified atom stereocenters. The molecule has 21 heavy (non-hydrogen) atoms. The average molecular weight is 351 g/mol. The van der Waals surface area contributed by atoms with Crippen molar-refractivity contribution in [1.82, 2.24) is 0 Å². The Morgan fingerprint density at radius 3 is 3.00 bits per heavy atom. The topological polar surface area (TPSA) is 29.5 Å². The van der Waals surface area contributed by atoms with Crippen molar-refractivity contribution in [2.75, 3.05) is 6.61 Å². The number of halogens is 2. The molecule has 1 heterocycles. The van der Waals surface area contributed by atoms with E-state index in [2.05, 4.69) is 22.0 Å². The standard InChI is InChI=1S/C17H16BrFO2/c18-17-13(2-1-3-14(17)19)15(20)6-4-11-5-7-16-12(10-11)8-9-21-16/h1-3,5,7,10,15,20H,4,6,8-9H2. The molecule has 1 N–H and O–H groups in total. The third kappa shape index (κ3) is 3.11. The average Bonchev–Trinajstić information content (AvgIpc) is 2.95. The minimum absolute atomic E-state index is 0.346. The highest BCUT2D eigenvalue weighted by atomic mass is 79.9. The molecule has 0 aliphatic carbocycles. The summed E-state index contributed by atoms with van der Waals surface area (Å²) >= 11 is 3.20. The molecule has 1 aliphatic rings. The number of rotatable bonds is 4. The second-order valence-electron chi connectivity index (χ2n) is 5.24. The minimum atomic E-state index is -0.681. The molecule has 2 nitrogen and oxygen atoms in total. The van der Waals surface area contributed by atoms with Gasteiger partial charge < -0.3 is 9.84 Å². The summed E-state index contributed by atoms with van der Waals surface area (Å²) in [5.74, 6) is 0.619. The summed E-state index contributed by atoms with van der Waals surface area (Å²) in [5, 5.41) is 10.3. The summed E-state index contributed by atoms with van der Waals surface area (Å²) in [6.07, 6.45) is 1.57. The first-order chi connectivity index (χ1) is 10.1. The van der Waals surface area contributed by atoms with Crippen LogP contribution in [0, 0.1) is 5.82 Å². The Kier molecular flexibility index (Phi) is 4.27. The first kappa shape index (κ1) is 14.5. The summed E-state index contributed by atoms with van der Waals surface area (Å²) in [7, 11) is 0. The van der Waals surface area contributed by atoms with E-state index in [-0.39, 0.29) is 5.82 Å². The van der Waals surface area contributed by atoms with E-state index in [1.807, 2.05) is 12.1 Å². The summed E-state index contributed by atoms with van der Waals surface area (Å²) in [6.45, 7) is 0.748. The zero-order chi connectivity index (χ0) is 14.8. The first-order valence-corrected chi connectivity index (χ1v) is 7.81. The van der Waals surface area contributed by atoms with E-state index in [4.69, 9.17) is 4.74 Å². The molecule has 110 valence electrons. The lowest BCUT2D eigenvalue weighted by Crippen LogP contribution is -2.02. The van der Waals surface area contributed by atoms with Crippen LogP contribution in [0.3, 0.4) is 0 Å². The van der Waals surface area contributed by atoms with Crippen molar-refractivity contribution in [1.29, 1.82) is 0 Å². The van der Waals surface area contributed by atoms with Gasteiger partial charge in [-0.1, -0.05) is 24.3 Å². The van der Waals surface area contributed by atoms with Crippen molar-refractivity contribution in [3.05, 3.63) is 63.4 Å². The third-order valence-electron chi connectivity index (χ3n) is 3.80. The highest BCUT2D eigenvalue weighted by Gasteiger charge is 2.15. The molecular weight excluding hydrogens is 335 g/mol. The molecule has 3 rings (SSSR count). The Hall–Kier alpha value is -1.39. The van der Waals surface area contributed by atoms with Gasteiger partial charge >= 0.3 is 0 Å². The van der Waals surface area contributed by atoms with Crippen LogP contribution >= 0.6 is 15.9 Å². The van der Waals surface area contributed by atoms with Crippen molar-refractivity contribution in [3.63, 3.8) is 0 Å². The van der Waals surface area contributed by atoms with Gasteiger partial charge in [0.25, 0.3) is 0 Å². The van der Waals surface area contributed by atoms with Gasteiger partial charge in [-0.3, -0.25) is 0 Å². The number of fused-ring (bicyclic) bond motifs is 1. The zero-order valence-corrected chi connectivity index (χ0v) is 13.1. The van der Waals surface area contributed by atoms with Crippen molar-refractivity contribution < 1.29 is 14.2 Å². The Labute approximate surface area is 131 Å². The number of aryl methyl sites for hydroxylation is 1. The van der Waals surface area contributed by atoms with Crippen LogP contribution in [0.2, 0.25) is 0 Å². The summed E-state index contributed by atoms with van der Waals surface area (Å²) in [5.41, 5.74) is 3.00. The van der Waals surface area contributed by atoms with E-state index in [0.29, 0.717) is 16.5 Å². The highest BCUT2D eigenvalue weighted by molar-refractivity contribution is 9.10. The van der Waals surface area contributed by atoms with Gasteiger partial charge in [0.05, 0.1) is 17.2 Å². The van der Waals surface area contributed by atoms with Crippen LogP contribution in [-0.4, -0.2) is 11.7 Å². The molecule has 0 fully saturated rings. The molecule has 0 spiro atoms. The van der Waals surface area contributed by atoms with Gasteiger partial charge in [0.1, 0.15) is 11.6 Å². The lowest BCUT2D eigenvalue weighted by Gasteiger charge is -2.13. The number of aliphatic hydroxyl groups is 1. The van der Waals surface area contributed by atoms with E-state index in [0.717, 1.165) is 25.2 Å². The van der Waals surface area contributed by atoms with Crippen LogP contribution in [0.1, 0.15) is 29.2 Å². The second kappa shape index (κ2) is 6.16. The Morgan fingerprint density at radius 1 is 1.29 bits per heavy atom. The van der Waals surface area contributed by atoms with Gasteiger partial charge in [-0.25, -0.2) is 4.39 Å². The summed E-state index contributed by atoms with van der Waals surface area (Å²) in [6, 6.07) is 10.9. The molecule has 0 saturated heterocycles. The number of benzene rings is 2. The molecule has 0 bridgehead atoms. The maximum atomic E-state index is 13.5. The van der Waals surface area contributed by atoms with Gasteiger partial charge in [-0.05, 0) is 57.6 Å². The number of ether oxygens (including phenoxy) is 1. The van der Waals surface area contributed by atoms with E-state index >= 15 is 0 Å². The molecule has 0 aromatic heterocycles. The molecule has 4 heteroatoms. The number of hydrogen-bond donors (Lipinski definition) is 1. The Bertz CT molecular complexity index is 657. The van der Waals surface area contributed by atoms with Gasteiger partial charge in [-0.2, -0.15) is 0 Å². The fourth-order valence-corrected chi connectivity index (χ4v) is 3.16.